The van der Waals surface area contributed by atoms with Gasteiger partial charge in [0.25, 0.3) is 0 Å². The molecule has 0 aliphatic rings. The van der Waals surface area contributed by atoms with Gasteiger partial charge < -0.3 is 15.6 Å². The van der Waals surface area contributed by atoms with Crippen molar-refractivity contribution in [3.05, 3.63) is 90.4 Å². The van der Waals surface area contributed by atoms with Gasteiger partial charge in [-0.15, -0.1) is 0 Å². The van der Waals surface area contributed by atoms with Gasteiger partial charge in [0.15, 0.2) is 0 Å². The third-order valence-electron chi connectivity index (χ3n) is 4.74. The first kappa shape index (κ1) is 20.6. The van der Waals surface area contributed by atoms with Gasteiger partial charge in [-0.1, -0.05) is 60.7 Å². The fourth-order valence-electron chi connectivity index (χ4n) is 3.20. The van der Waals surface area contributed by atoms with E-state index in [1.807, 2.05) is 24.4 Å². The number of H-pyrrole nitrogens is 1. The van der Waals surface area contributed by atoms with Crippen molar-refractivity contribution in [2.24, 2.45) is 5.73 Å². The van der Waals surface area contributed by atoms with Crippen LogP contribution >= 0.6 is 0 Å². The first-order chi connectivity index (χ1) is 14.3. The zero-order valence-corrected chi connectivity index (χ0v) is 17.0. The third kappa shape index (κ3) is 5.90. The Bertz CT molecular complexity index is 966. The Morgan fingerprint density at radius 1 is 0.897 bits per heavy atom. The van der Waals surface area contributed by atoms with Crippen molar-refractivity contribution in [2.75, 3.05) is 18.0 Å². The van der Waals surface area contributed by atoms with Crippen LogP contribution in [0, 0.1) is 0 Å². The summed E-state index contributed by atoms with van der Waals surface area (Å²) in [4.78, 5) is 14.1. The number of fused-ring (bicyclic) bond motifs is 1. The van der Waals surface area contributed by atoms with Crippen molar-refractivity contribution in [3.63, 3.8) is 0 Å². The van der Waals surface area contributed by atoms with E-state index in [1.165, 1.54) is 11.1 Å². The maximum Gasteiger partial charge on any atom is 0.142 e. The summed E-state index contributed by atoms with van der Waals surface area (Å²) >= 11 is 0. The number of benzene rings is 2. The first-order valence-electron chi connectivity index (χ1n) is 10.1. The smallest absolute Gasteiger partial charge is 0.142 e. The van der Waals surface area contributed by atoms with Crippen LogP contribution in [0.15, 0.2) is 79.3 Å². The second kappa shape index (κ2) is 11.0. The van der Waals surface area contributed by atoms with Gasteiger partial charge in [-0.2, -0.15) is 0 Å². The number of hydrogen-bond acceptors (Lipinski definition) is 4. The molecular weight excluding hydrogens is 358 g/mol. The second-order valence-corrected chi connectivity index (χ2v) is 6.81. The number of nitrogens with zero attached hydrogens (tertiary/aromatic N) is 3. The first-order valence-corrected chi connectivity index (χ1v) is 10.1. The molecule has 2 heterocycles. The largest absolute Gasteiger partial charge is 0.352 e. The normalized spacial score (nSPS) is 10.4. The lowest BCUT2D eigenvalue weighted by Crippen LogP contribution is -2.23. The van der Waals surface area contributed by atoms with Crippen LogP contribution in [0.2, 0.25) is 0 Å². The molecule has 0 aliphatic carbocycles. The van der Waals surface area contributed by atoms with Gasteiger partial charge in [0.05, 0.1) is 5.39 Å². The molecule has 0 bridgehead atoms. The lowest BCUT2D eigenvalue weighted by molar-refractivity contribution is 0.816. The summed E-state index contributed by atoms with van der Waals surface area (Å²) in [5.74, 6) is 0.984. The molecule has 4 rings (SSSR count). The molecule has 2 aromatic heterocycles. The predicted molar refractivity (Wildman–Crippen MR) is 121 cm³/mol. The van der Waals surface area contributed by atoms with Crippen LogP contribution in [-0.2, 0) is 13.0 Å². The van der Waals surface area contributed by atoms with Crippen LogP contribution in [-0.4, -0.2) is 28.0 Å². The van der Waals surface area contributed by atoms with Gasteiger partial charge in [-0.3, -0.25) is 0 Å². The monoisotopic (exact) mass is 387 g/mol. The fourth-order valence-corrected chi connectivity index (χ4v) is 3.20. The highest BCUT2D eigenvalue weighted by atomic mass is 15.2. The van der Waals surface area contributed by atoms with E-state index >= 15 is 0 Å². The van der Waals surface area contributed by atoms with Crippen molar-refractivity contribution in [3.8, 4) is 0 Å². The van der Waals surface area contributed by atoms with E-state index in [9.17, 15) is 0 Å². The van der Waals surface area contributed by atoms with Crippen LogP contribution < -0.4 is 10.6 Å². The zero-order valence-electron chi connectivity index (χ0n) is 17.0. The maximum absolute atomic E-state index is 5.38. The predicted octanol–water partition coefficient (Wildman–Crippen LogP) is 4.56. The maximum atomic E-state index is 5.38. The molecule has 0 atom stereocenters. The zero-order chi connectivity index (χ0) is 20.3. The molecule has 3 N–H and O–H groups in total. The minimum Gasteiger partial charge on any atom is -0.352 e. The molecular formula is C24H29N5. The van der Waals surface area contributed by atoms with Crippen LogP contribution in [0.3, 0.4) is 0 Å². The fraction of sp³-hybridized carbons (Fsp3) is 0.250. The average Bonchev–Trinajstić information content (AvgIpc) is 3.27. The molecule has 0 saturated heterocycles. The molecule has 2 aromatic carbocycles. The van der Waals surface area contributed by atoms with E-state index in [-0.39, 0.29) is 0 Å². The Hall–Kier alpha value is -3.18. The van der Waals surface area contributed by atoms with Crippen molar-refractivity contribution >= 4 is 16.9 Å². The topological polar surface area (TPSA) is 70.8 Å². The highest BCUT2D eigenvalue weighted by Gasteiger charge is 2.11. The molecule has 0 saturated carbocycles. The van der Waals surface area contributed by atoms with E-state index in [0.717, 1.165) is 49.3 Å². The molecule has 5 nitrogen and oxygen atoms in total. The van der Waals surface area contributed by atoms with Crippen LogP contribution in [0.5, 0.6) is 0 Å². The minimum absolute atomic E-state index is 0.787. The summed E-state index contributed by atoms with van der Waals surface area (Å²) in [6, 6.07) is 22.9. The van der Waals surface area contributed by atoms with Gasteiger partial charge in [0.1, 0.15) is 17.8 Å². The Morgan fingerprint density at radius 3 is 2.24 bits per heavy atom. The molecule has 0 radical (unpaired) electrons. The number of aromatic amines is 1. The number of nitrogens with one attached hydrogen (secondary N) is 1. The van der Waals surface area contributed by atoms with Gasteiger partial charge in [0.2, 0.25) is 0 Å². The third-order valence-corrected chi connectivity index (χ3v) is 4.74. The van der Waals surface area contributed by atoms with Gasteiger partial charge in [0, 0.05) is 19.3 Å². The number of hydrogen-bond donors (Lipinski definition) is 2. The quantitative estimate of drug-likeness (QED) is 0.488. The number of aryl methyl sites for hydroxylation is 1. The molecule has 0 spiro atoms. The average molecular weight is 388 g/mol. The Kier molecular flexibility index (Phi) is 7.78. The van der Waals surface area contributed by atoms with E-state index < -0.39 is 0 Å². The molecule has 0 aliphatic heterocycles. The lowest BCUT2D eigenvalue weighted by atomic mass is 10.1. The van der Waals surface area contributed by atoms with E-state index in [4.69, 9.17) is 5.73 Å². The van der Waals surface area contributed by atoms with Crippen LogP contribution in [0.1, 0.15) is 24.5 Å². The number of rotatable bonds is 7. The molecule has 0 amide bonds. The summed E-state index contributed by atoms with van der Waals surface area (Å²) in [6.07, 6.45) is 5.71. The Labute approximate surface area is 172 Å². The summed E-state index contributed by atoms with van der Waals surface area (Å²) in [7, 11) is 0. The standard InChI is InChI=1S/C15H16N4.C9H13N/c1-2-19(10-12-6-4-3-5-7-12)15-13-8-9-16-14(13)17-11-18-15;10-8-4-7-9-5-2-1-3-6-9/h3-9,11H,2,10H2,1H3,(H,16,17,18);1-3,5-6H,4,7-8,10H2. The van der Waals surface area contributed by atoms with Crippen molar-refractivity contribution < 1.29 is 0 Å². The Morgan fingerprint density at radius 2 is 1.59 bits per heavy atom. The van der Waals surface area contributed by atoms with Gasteiger partial charge >= 0.3 is 0 Å². The van der Waals surface area contributed by atoms with Crippen molar-refractivity contribution in [1.82, 2.24) is 15.0 Å². The van der Waals surface area contributed by atoms with Crippen molar-refractivity contribution in [2.45, 2.75) is 26.3 Å². The van der Waals surface area contributed by atoms with Gasteiger partial charge in [-0.25, -0.2) is 9.97 Å². The van der Waals surface area contributed by atoms with E-state index in [1.54, 1.807) is 6.33 Å². The summed E-state index contributed by atoms with van der Waals surface area (Å²) in [5, 5.41) is 1.07. The molecule has 29 heavy (non-hydrogen) atoms. The van der Waals surface area contributed by atoms with Crippen LogP contribution in [0.4, 0.5) is 5.82 Å². The number of aromatic nitrogens is 3. The lowest BCUT2D eigenvalue weighted by Gasteiger charge is -2.22. The molecule has 5 heteroatoms. The van der Waals surface area contributed by atoms with E-state index in [0.29, 0.717) is 0 Å². The van der Waals surface area contributed by atoms with Crippen LogP contribution in [0.25, 0.3) is 11.0 Å². The second-order valence-electron chi connectivity index (χ2n) is 6.81. The number of anilines is 1. The van der Waals surface area contributed by atoms with Crippen molar-refractivity contribution in [1.29, 1.82) is 0 Å². The minimum atomic E-state index is 0.787. The number of nitrogens with two attached hydrogens (primary N) is 1. The summed E-state index contributed by atoms with van der Waals surface area (Å²) in [5.41, 5.74) is 8.93. The van der Waals surface area contributed by atoms with Gasteiger partial charge in [-0.05, 0) is 43.5 Å². The SMILES string of the molecule is CCN(Cc1ccccc1)c1ncnc2[nH]ccc12.NCCCc1ccccc1. The summed E-state index contributed by atoms with van der Waals surface area (Å²) in [6.45, 7) is 4.69. The summed E-state index contributed by atoms with van der Waals surface area (Å²) < 4.78 is 0. The Balaban J connectivity index is 0.000000204. The molecule has 150 valence electrons. The highest BCUT2D eigenvalue weighted by molar-refractivity contribution is 5.87. The molecule has 4 aromatic rings. The van der Waals surface area contributed by atoms with E-state index in [2.05, 4.69) is 75.3 Å². The highest BCUT2D eigenvalue weighted by Crippen LogP contribution is 2.23. The molecule has 0 unspecified atom stereocenters. The molecule has 0 fully saturated rings.